The van der Waals surface area contributed by atoms with Crippen LogP contribution in [0.3, 0.4) is 0 Å². The highest BCUT2D eigenvalue weighted by molar-refractivity contribution is 5.93. The van der Waals surface area contributed by atoms with Crippen LogP contribution in [-0.4, -0.2) is 5.84 Å². The SMILES string of the molecule is CC(C)C(N)=CC(N)=Nc1cccc(C(F)(F)F)c1. The largest absolute Gasteiger partial charge is 0.416 e. The number of amidine groups is 1. The van der Waals surface area contributed by atoms with Crippen LogP contribution in [0.1, 0.15) is 19.4 Å². The lowest BCUT2D eigenvalue weighted by Crippen LogP contribution is -2.14. The molecule has 4 N–H and O–H groups in total. The predicted octanol–water partition coefficient (Wildman–Crippen LogP) is 3.19. The van der Waals surface area contributed by atoms with Crippen LogP contribution in [-0.2, 0) is 6.18 Å². The number of hydrogen-bond donors (Lipinski definition) is 2. The van der Waals surface area contributed by atoms with Crippen LogP contribution in [0.15, 0.2) is 41.0 Å². The predicted molar refractivity (Wildman–Crippen MR) is 69.8 cm³/mol. The molecule has 0 radical (unpaired) electrons. The number of allylic oxidation sites excluding steroid dienone is 1. The molecule has 0 bridgehead atoms. The average molecular weight is 271 g/mol. The van der Waals surface area contributed by atoms with E-state index in [0.29, 0.717) is 5.70 Å². The Labute approximate surface area is 109 Å². The zero-order chi connectivity index (χ0) is 14.6. The molecule has 19 heavy (non-hydrogen) atoms. The van der Waals surface area contributed by atoms with E-state index in [-0.39, 0.29) is 17.4 Å². The lowest BCUT2D eigenvalue weighted by Gasteiger charge is -2.07. The highest BCUT2D eigenvalue weighted by Gasteiger charge is 2.30. The molecule has 0 aliphatic carbocycles. The van der Waals surface area contributed by atoms with E-state index >= 15 is 0 Å². The van der Waals surface area contributed by atoms with Gasteiger partial charge in [-0.05, 0) is 30.2 Å². The van der Waals surface area contributed by atoms with E-state index in [1.54, 1.807) is 0 Å². The molecule has 1 rings (SSSR count). The maximum absolute atomic E-state index is 12.5. The van der Waals surface area contributed by atoms with Crippen molar-refractivity contribution in [3.63, 3.8) is 0 Å². The highest BCUT2D eigenvalue weighted by Crippen LogP contribution is 2.31. The van der Waals surface area contributed by atoms with Crippen LogP contribution in [0.5, 0.6) is 0 Å². The molecule has 6 heteroatoms. The van der Waals surface area contributed by atoms with Gasteiger partial charge >= 0.3 is 6.18 Å². The summed E-state index contributed by atoms with van der Waals surface area (Å²) in [5.41, 5.74) is 11.2. The van der Waals surface area contributed by atoms with Crippen molar-refractivity contribution >= 4 is 11.5 Å². The van der Waals surface area contributed by atoms with E-state index in [1.807, 2.05) is 13.8 Å². The maximum atomic E-state index is 12.5. The summed E-state index contributed by atoms with van der Waals surface area (Å²) in [4.78, 5) is 3.89. The topological polar surface area (TPSA) is 64.4 Å². The van der Waals surface area contributed by atoms with Crippen molar-refractivity contribution in [1.29, 1.82) is 0 Å². The second-order valence-electron chi connectivity index (χ2n) is 4.38. The van der Waals surface area contributed by atoms with Crippen molar-refractivity contribution in [2.75, 3.05) is 0 Å². The van der Waals surface area contributed by atoms with Gasteiger partial charge < -0.3 is 11.5 Å². The minimum absolute atomic E-state index is 0.0746. The number of halogens is 3. The molecule has 0 atom stereocenters. The van der Waals surface area contributed by atoms with Gasteiger partial charge in [0.1, 0.15) is 5.84 Å². The molecule has 0 heterocycles. The van der Waals surface area contributed by atoms with Crippen molar-refractivity contribution in [2.24, 2.45) is 22.4 Å². The first kappa shape index (κ1) is 15.1. The van der Waals surface area contributed by atoms with Gasteiger partial charge in [0.2, 0.25) is 0 Å². The minimum atomic E-state index is -4.40. The van der Waals surface area contributed by atoms with E-state index in [4.69, 9.17) is 11.5 Å². The van der Waals surface area contributed by atoms with E-state index < -0.39 is 11.7 Å². The second kappa shape index (κ2) is 5.77. The van der Waals surface area contributed by atoms with Gasteiger partial charge in [-0.25, -0.2) is 4.99 Å². The molecule has 104 valence electrons. The fourth-order valence-corrected chi connectivity index (χ4v) is 1.27. The Bertz CT molecular complexity index is 502. The first-order valence-electron chi connectivity index (χ1n) is 5.68. The number of hydrogen-bond acceptors (Lipinski definition) is 2. The van der Waals surface area contributed by atoms with Crippen molar-refractivity contribution in [3.05, 3.63) is 41.6 Å². The third kappa shape index (κ3) is 4.65. The first-order chi connectivity index (χ1) is 8.70. The third-order valence-corrected chi connectivity index (χ3v) is 2.41. The van der Waals surface area contributed by atoms with Gasteiger partial charge in [0, 0.05) is 5.70 Å². The minimum Gasteiger partial charge on any atom is -0.402 e. The zero-order valence-electron chi connectivity index (χ0n) is 10.7. The standard InChI is InChI=1S/C13H16F3N3/c1-8(2)11(17)7-12(18)19-10-5-3-4-9(6-10)13(14,15)16/h3-8H,17H2,1-2H3,(H2,18,19). The van der Waals surface area contributed by atoms with Gasteiger partial charge in [-0.3, -0.25) is 0 Å². The van der Waals surface area contributed by atoms with Gasteiger partial charge in [0.15, 0.2) is 0 Å². The van der Waals surface area contributed by atoms with Crippen molar-refractivity contribution in [3.8, 4) is 0 Å². The molecule has 0 amide bonds. The molecular formula is C13H16F3N3. The molecule has 0 aliphatic rings. The van der Waals surface area contributed by atoms with Crippen LogP contribution in [0.4, 0.5) is 18.9 Å². The molecule has 0 spiro atoms. The molecule has 0 fully saturated rings. The summed E-state index contributed by atoms with van der Waals surface area (Å²) in [5, 5.41) is 0. The number of nitrogens with zero attached hydrogens (tertiary/aromatic N) is 1. The smallest absolute Gasteiger partial charge is 0.402 e. The van der Waals surface area contributed by atoms with Crippen LogP contribution in [0.2, 0.25) is 0 Å². The van der Waals surface area contributed by atoms with Gasteiger partial charge in [-0.2, -0.15) is 13.2 Å². The second-order valence-corrected chi connectivity index (χ2v) is 4.38. The van der Waals surface area contributed by atoms with Crippen LogP contribution < -0.4 is 11.5 Å². The number of alkyl halides is 3. The van der Waals surface area contributed by atoms with E-state index in [2.05, 4.69) is 4.99 Å². The number of aliphatic imine (C=N–C) groups is 1. The molecule has 0 unspecified atom stereocenters. The van der Waals surface area contributed by atoms with E-state index in [0.717, 1.165) is 12.1 Å². The molecule has 1 aromatic rings. The molecule has 3 nitrogen and oxygen atoms in total. The zero-order valence-corrected chi connectivity index (χ0v) is 10.7. The van der Waals surface area contributed by atoms with Crippen LogP contribution >= 0.6 is 0 Å². The molecule has 0 saturated carbocycles. The molecule has 0 aromatic heterocycles. The van der Waals surface area contributed by atoms with Gasteiger partial charge in [-0.1, -0.05) is 19.9 Å². The Morgan fingerprint density at radius 2 is 1.89 bits per heavy atom. The van der Waals surface area contributed by atoms with Crippen molar-refractivity contribution in [2.45, 2.75) is 20.0 Å². The molecule has 0 saturated heterocycles. The molecule has 0 aliphatic heterocycles. The average Bonchev–Trinajstić information content (AvgIpc) is 2.27. The number of benzene rings is 1. The van der Waals surface area contributed by atoms with Crippen molar-refractivity contribution in [1.82, 2.24) is 0 Å². The van der Waals surface area contributed by atoms with E-state index in [9.17, 15) is 13.2 Å². The van der Waals surface area contributed by atoms with E-state index in [1.165, 1.54) is 18.2 Å². The summed E-state index contributed by atoms with van der Waals surface area (Å²) in [6.07, 6.45) is -2.95. The first-order valence-corrected chi connectivity index (χ1v) is 5.68. The summed E-state index contributed by atoms with van der Waals surface area (Å²) in [6, 6.07) is 4.64. The number of rotatable bonds is 3. The Kier molecular flexibility index (Phi) is 4.58. The quantitative estimate of drug-likeness (QED) is 0.655. The summed E-state index contributed by atoms with van der Waals surface area (Å²) >= 11 is 0. The summed E-state index contributed by atoms with van der Waals surface area (Å²) in [5.74, 6) is 0.167. The Hall–Kier alpha value is -1.98. The van der Waals surface area contributed by atoms with Crippen molar-refractivity contribution < 1.29 is 13.2 Å². The van der Waals surface area contributed by atoms with Gasteiger partial charge in [0.25, 0.3) is 0 Å². The summed E-state index contributed by atoms with van der Waals surface area (Å²) < 4.78 is 37.5. The lowest BCUT2D eigenvalue weighted by atomic mass is 10.1. The Morgan fingerprint density at radius 1 is 1.26 bits per heavy atom. The fraction of sp³-hybridized carbons (Fsp3) is 0.308. The number of nitrogens with two attached hydrogens (primary N) is 2. The molecular weight excluding hydrogens is 255 g/mol. The fourth-order valence-electron chi connectivity index (χ4n) is 1.27. The maximum Gasteiger partial charge on any atom is 0.416 e. The normalized spacial score (nSPS) is 14.0. The van der Waals surface area contributed by atoms with Gasteiger partial charge in [-0.15, -0.1) is 0 Å². The highest BCUT2D eigenvalue weighted by atomic mass is 19.4. The summed E-state index contributed by atoms with van der Waals surface area (Å²) in [6.45, 7) is 3.76. The monoisotopic (exact) mass is 271 g/mol. The molecule has 1 aromatic carbocycles. The van der Waals surface area contributed by atoms with Crippen LogP contribution in [0.25, 0.3) is 0 Å². The summed E-state index contributed by atoms with van der Waals surface area (Å²) in [7, 11) is 0. The lowest BCUT2D eigenvalue weighted by molar-refractivity contribution is -0.137. The Balaban J connectivity index is 3.03. The van der Waals surface area contributed by atoms with Crippen LogP contribution in [0, 0.1) is 5.92 Å². The van der Waals surface area contributed by atoms with Gasteiger partial charge in [0.05, 0.1) is 11.3 Å². The Morgan fingerprint density at radius 3 is 2.42 bits per heavy atom. The third-order valence-electron chi connectivity index (χ3n) is 2.41.